The largest absolute Gasteiger partial charge is 0.264 e. The molecule has 2 aromatic rings. The Balaban J connectivity index is 2.83. The zero-order chi connectivity index (χ0) is 8.55. The van der Waals surface area contributed by atoms with Gasteiger partial charge in [-0.15, -0.1) is 0 Å². The summed E-state index contributed by atoms with van der Waals surface area (Å²) in [6, 6.07) is 5.84. The fourth-order valence-corrected chi connectivity index (χ4v) is 1.62. The number of rotatable bonds is 1. The molecule has 3 heteroatoms. The monoisotopic (exact) mass is 180 g/mol. The van der Waals surface area contributed by atoms with Crippen molar-refractivity contribution in [1.29, 1.82) is 0 Å². The zero-order valence-electron chi connectivity index (χ0n) is 6.79. The van der Waals surface area contributed by atoms with E-state index in [0.717, 1.165) is 22.5 Å². The summed E-state index contributed by atoms with van der Waals surface area (Å²) in [4.78, 5) is 0. The van der Waals surface area contributed by atoms with Crippen LogP contribution in [0.15, 0.2) is 24.4 Å². The van der Waals surface area contributed by atoms with Crippen LogP contribution in [0.2, 0.25) is 5.02 Å². The molecule has 0 fully saturated rings. The van der Waals surface area contributed by atoms with Crippen LogP contribution in [-0.4, -0.2) is 9.78 Å². The van der Waals surface area contributed by atoms with E-state index in [1.54, 1.807) is 0 Å². The molecule has 0 bridgehead atoms. The van der Waals surface area contributed by atoms with Crippen molar-refractivity contribution < 1.29 is 0 Å². The number of para-hydroxylation sites is 1. The summed E-state index contributed by atoms with van der Waals surface area (Å²) < 4.78 is 1.90. The van der Waals surface area contributed by atoms with Gasteiger partial charge < -0.3 is 0 Å². The Bertz CT molecular complexity index is 406. The second kappa shape index (κ2) is 2.79. The average molecular weight is 181 g/mol. The van der Waals surface area contributed by atoms with Gasteiger partial charge in [0.25, 0.3) is 0 Å². The third kappa shape index (κ3) is 0.994. The third-order valence-electron chi connectivity index (χ3n) is 1.91. The first kappa shape index (κ1) is 7.62. The summed E-state index contributed by atoms with van der Waals surface area (Å²) in [6.07, 6.45) is 1.84. The lowest BCUT2D eigenvalue weighted by Gasteiger charge is -1.99. The van der Waals surface area contributed by atoms with E-state index in [-0.39, 0.29) is 0 Å². The second-order valence-electron chi connectivity index (χ2n) is 2.64. The van der Waals surface area contributed by atoms with Gasteiger partial charge in [0, 0.05) is 11.9 Å². The van der Waals surface area contributed by atoms with Gasteiger partial charge in [0.1, 0.15) is 0 Å². The number of aromatic nitrogens is 2. The SMILES string of the molecule is CCn1ncc2cccc(Cl)c21. The van der Waals surface area contributed by atoms with Crippen molar-refractivity contribution in [2.45, 2.75) is 13.5 Å². The van der Waals surface area contributed by atoms with E-state index in [9.17, 15) is 0 Å². The molecule has 12 heavy (non-hydrogen) atoms. The highest BCUT2D eigenvalue weighted by Gasteiger charge is 2.03. The summed E-state index contributed by atoms with van der Waals surface area (Å²) in [5.74, 6) is 0. The molecule has 0 spiro atoms. The lowest BCUT2D eigenvalue weighted by atomic mass is 10.2. The van der Waals surface area contributed by atoms with Crippen LogP contribution in [0.25, 0.3) is 10.9 Å². The van der Waals surface area contributed by atoms with E-state index in [1.807, 2.05) is 29.1 Å². The number of benzene rings is 1. The average Bonchev–Trinajstić information content (AvgIpc) is 2.49. The van der Waals surface area contributed by atoms with E-state index in [1.165, 1.54) is 0 Å². The van der Waals surface area contributed by atoms with Crippen molar-refractivity contribution in [3.05, 3.63) is 29.4 Å². The maximum absolute atomic E-state index is 6.02. The quantitative estimate of drug-likeness (QED) is 0.660. The van der Waals surface area contributed by atoms with Crippen molar-refractivity contribution in [2.75, 3.05) is 0 Å². The van der Waals surface area contributed by atoms with Gasteiger partial charge >= 0.3 is 0 Å². The summed E-state index contributed by atoms with van der Waals surface area (Å²) in [5.41, 5.74) is 1.03. The summed E-state index contributed by atoms with van der Waals surface area (Å²) >= 11 is 6.02. The second-order valence-corrected chi connectivity index (χ2v) is 3.05. The summed E-state index contributed by atoms with van der Waals surface area (Å²) in [5, 5.41) is 6.08. The van der Waals surface area contributed by atoms with Gasteiger partial charge in [-0.1, -0.05) is 23.7 Å². The predicted molar refractivity (Wildman–Crippen MR) is 50.4 cm³/mol. The standard InChI is InChI=1S/C9H9ClN2/c1-2-12-9-7(6-11-12)4-3-5-8(9)10/h3-6H,2H2,1H3. The van der Waals surface area contributed by atoms with Crippen LogP contribution in [0.3, 0.4) is 0 Å². The van der Waals surface area contributed by atoms with E-state index in [2.05, 4.69) is 12.0 Å². The van der Waals surface area contributed by atoms with Crippen molar-refractivity contribution in [3.63, 3.8) is 0 Å². The number of hydrogen-bond donors (Lipinski definition) is 0. The Kier molecular flexibility index (Phi) is 1.77. The molecule has 1 aromatic heterocycles. The summed E-state index contributed by atoms with van der Waals surface area (Å²) in [6.45, 7) is 2.91. The molecule has 0 saturated carbocycles. The Morgan fingerprint density at radius 3 is 3.08 bits per heavy atom. The summed E-state index contributed by atoms with van der Waals surface area (Å²) in [7, 11) is 0. The molecule has 0 unspecified atom stereocenters. The topological polar surface area (TPSA) is 17.8 Å². The molecular weight excluding hydrogens is 172 g/mol. The molecule has 0 saturated heterocycles. The molecule has 0 aliphatic heterocycles. The van der Waals surface area contributed by atoms with Crippen LogP contribution in [0.1, 0.15) is 6.92 Å². The lowest BCUT2D eigenvalue weighted by molar-refractivity contribution is 0.684. The van der Waals surface area contributed by atoms with Crippen molar-refractivity contribution >= 4 is 22.5 Å². The minimum Gasteiger partial charge on any atom is -0.264 e. The van der Waals surface area contributed by atoms with Gasteiger partial charge in [-0.05, 0) is 13.0 Å². The molecule has 2 nitrogen and oxygen atoms in total. The first-order chi connectivity index (χ1) is 5.83. The number of fused-ring (bicyclic) bond motifs is 1. The van der Waals surface area contributed by atoms with Gasteiger partial charge in [-0.2, -0.15) is 5.10 Å². The number of aryl methyl sites for hydroxylation is 1. The van der Waals surface area contributed by atoms with Gasteiger partial charge in [0.15, 0.2) is 0 Å². The van der Waals surface area contributed by atoms with Crippen molar-refractivity contribution in [2.24, 2.45) is 0 Å². The van der Waals surface area contributed by atoms with E-state index < -0.39 is 0 Å². The van der Waals surface area contributed by atoms with Crippen LogP contribution < -0.4 is 0 Å². The van der Waals surface area contributed by atoms with Crippen LogP contribution in [0, 0.1) is 0 Å². The minimum absolute atomic E-state index is 0.770. The number of hydrogen-bond acceptors (Lipinski definition) is 1. The first-order valence-corrected chi connectivity index (χ1v) is 4.30. The fourth-order valence-electron chi connectivity index (χ4n) is 1.34. The van der Waals surface area contributed by atoms with Crippen molar-refractivity contribution in [3.8, 4) is 0 Å². The molecule has 2 rings (SSSR count). The molecule has 0 radical (unpaired) electrons. The third-order valence-corrected chi connectivity index (χ3v) is 2.22. The highest BCUT2D eigenvalue weighted by Crippen LogP contribution is 2.22. The highest BCUT2D eigenvalue weighted by atomic mass is 35.5. The Hall–Kier alpha value is -1.02. The number of nitrogens with zero attached hydrogens (tertiary/aromatic N) is 2. The van der Waals surface area contributed by atoms with Gasteiger partial charge in [0.05, 0.1) is 16.7 Å². The van der Waals surface area contributed by atoms with Gasteiger partial charge in [-0.25, -0.2) is 0 Å². The van der Waals surface area contributed by atoms with Crippen LogP contribution >= 0.6 is 11.6 Å². The zero-order valence-corrected chi connectivity index (χ0v) is 7.54. The molecule has 0 amide bonds. The Morgan fingerprint density at radius 2 is 2.33 bits per heavy atom. The van der Waals surface area contributed by atoms with Crippen LogP contribution in [-0.2, 0) is 6.54 Å². The Morgan fingerprint density at radius 1 is 1.50 bits per heavy atom. The molecule has 1 heterocycles. The molecule has 0 aliphatic rings. The minimum atomic E-state index is 0.770. The predicted octanol–water partition coefficient (Wildman–Crippen LogP) is 2.71. The Labute approximate surface area is 75.8 Å². The smallest absolute Gasteiger partial charge is 0.0868 e. The van der Waals surface area contributed by atoms with Gasteiger partial charge in [0.2, 0.25) is 0 Å². The first-order valence-electron chi connectivity index (χ1n) is 3.93. The highest BCUT2D eigenvalue weighted by molar-refractivity contribution is 6.35. The maximum atomic E-state index is 6.02. The molecule has 1 aromatic carbocycles. The van der Waals surface area contributed by atoms with Crippen LogP contribution in [0.4, 0.5) is 0 Å². The molecule has 0 aliphatic carbocycles. The molecule has 0 atom stereocenters. The van der Waals surface area contributed by atoms with Crippen LogP contribution in [0.5, 0.6) is 0 Å². The number of halogens is 1. The van der Waals surface area contributed by atoms with Crippen molar-refractivity contribution in [1.82, 2.24) is 9.78 Å². The molecular formula is C9H9ClN2. The van der Waals surface area contributed by atoms with E-state index >= 15 is 0 Å². The molecule has 62 valence electrons. The lowest BCUT2D eigenvalue weighted by Crippen LogP contribution is -1.95. The normalized spacial score (nSPS) is 10.8. The van der Waals surface area contributed by atoms with E-state index in [4.69, 9.17) is 11.6 Å². The fraction of sp³-hybridized carbons (Fsp3) is 0.222. The van der Waals surface area contributed by atoms with E-state index in [0.29, 0.717) is 0 Å². The van der Waals surface area contributed by atoms with Gasteiger partial charge in [-0.3, -0.25) is 4.68 Å². The maximum Gasteiger partial charge on any atom is 0.0868 e. The molecule has 0 N–H and O–H groups in total.